The van der Waals surface area contributed by atoms with Crippen molar-refractivity contribution < 1.29 is 19.4 Å². The van der Waals surface area contributed by atoms with E-state index in [-0.39, 0.29) is 12.5 Å². The van der Waals surface area contributed by atoms with E-state index in [9.17, 15) is 14.7 Å². The van der Waals surface area contributed by atoms with Crippen LogP contribution in [0, 0.1) is 0 Å². The summed E-state index contributed by atoms with van der Waals surface area (Å²) in [5, 5.41) is 9.47. The number of amides is 1. The number of carboxylic acids is 1. The molecule has 0 radical (unpaired) electrons. The quantitative estimate of drug-likeness (QED) is 0.935. The minimum atomic E-state index is -0.903. The molecule has 128 valence electrons. The number of anilines is 1. The lowest BCUT2D eigenvalue weighted by molar-refractivity contribution is -0.138. The fraction of sp³-hybridized carbons (Fsp3) is 0.300. The normalized spacial score (nSPS) is 22.0. The summed E-state index contributed by atoms with van der Waals surface area (Å²) in [6.07, 6.45) is 0.964. The summed E-state index contributed by atoms with van der Waals surface area (Å²) >= 11 is 0. The lowest BCUT2D eigenvalue weighted by Crippen LogP contribution is -2.31. The largest absolute Gasteiger partial charge is 0.481 e. The van der Waals surface area contributed by atoms with E-state index in [2.05, 4.69) is 0 Å². The summed E-state index contributed by atoms with van der Waals surface area (Å²) in [5.74, 6) is -1.41. The van der Waals surface area contributed by atoms with Crippen LogP contribution in [-0.4, -0.2) is 36.7 Å². The van der Waals surface area contributed by atoms with Crippen LogP contribution in [0.5, 0.6) is 0 Å². The van der Waals surface area contributed by atoms with Gasteiger partial charge in [-0.15, -0.1) is 0 Å². The average Bonchev–Trinajstić information content (AvgIpc) is 3.29. The van der Waals surface area contributed by atoms with Crippen molar-refractivity contribution >= 4 is 17.6 Å². The first kappa shape index (κ1) is 15.8. The zero-order valence-corrected chi connectivity index (χ0v) is 13.7. The van der Waals surface area contributed by atoms with Gasteiger partial charge >= 0.3 is 5.97 Å². The van der Waals surface area contributed by atoms with Crippen LogP contribution in [0.3, 0.4) is 0 Å². The summed E-state index contributed by atoms with van der Waals surface area (Å²) in [6.45, 7) is 1.61. The van der Waals surface area contributed by atoms with Gasteiger partial charge in [-0.3, -0.25) is 9.59 Å². The molecule has 2 aromatic carbocycles. The number of carboxylic acid groups (broad SMARTS) is 1. The molecule has 0 aliphatic carbocycles. The van der Waals surface area contributed by atoms with Crippen molar-refractivity contribution in [2.24, 2.45) is 0 Å². The van der Waals surface area contributed by atoms with E-state index in [0.717, 1.165) is 18.6 Å². The molecule has 0 unspecified atom stereocenters. The van der Waals surface area contributed by atoms with E-state index in [1.165, 1.54) is 0 Å². The van der Waals surface area contributed by atoms with Crippen LogP contribution >= 0.6 is 0 Å². The Kier molecular flexibility index (Phi) is 4.01. The van der Waals surface area contributed by atoms with Crippen LogP contribution in [0.1, 0.15) is 39.7 Å². The minimum Gasteiger partial charge on any atom is -0.481 e. The Balaban J connectivity index is 1.65. The maximum Gasteiger partial charge on any atom is 0.312 e. The predicted molar refractivity (Wildman–Crippen MR) is 93.1 cm³/mol. The lowest BCUT2D eigenvalue weighted by Gasteiger charge is -2.18. The Morgan fingerprint density at radius 1 is 1.12 bits per heavy atom. The molecule has 2 atom stereocenters. The van der Waals surface area contributed by atoms with Gasteiger partial charge in [-0.1, -0.05) is 30.3 Å². The minimum absolute atomic E-state index is 0.156. The molecule has 0 aromatic heterocycles. The molecular weight excluding hydrogens is 318 g/mol. The molecular formula is C20H19NO4. The monoisotopic (exact) mass is 337 g/mol. The number of benzene rings is 2. The van der Waals surface area contributed by atoms with Gasteiger partial charge in [-0.25, -0.2) is 0 Å². The van der Waals surface area contributed by atoms with E-state index >= 15 is 0 Å². The number of carbonyl (C=O) groups excluding carboxylic acids is 1. The van der Waals surface area contributed by atoms with E-state index < -0.39 is 11.9 Å². The Bertz CT molecular complexity index is 826. The molecule has 5 heteroatoms. The second kappa shape index (κ2) is 6.33. The van der Waals surface area contributed by atoms with Crippen molar-refractivity contribution in [3.8, 4) is 0 Å². The van der Waals surface area contributed by atoms with E-state index in [1.54, 1.807) is 17.0 Å². The third kappa shape index (κ3) is 2.81. The van der Waals surface area contributed by atoms with Crippen molar-refractivity contribution in [3.63, 3.8) is 0 Å². The van der Waals surface area contributed by atoms with Crippen LogP contribution in [0.2, 0.25) is 0 Å². The molecule has 4 rings (SSSR count). The van der Waals surface area contributed by atoms with Gasteiger partial charge < -0.3 is 14.7 Å². The molecule has 2 aliphatic heterocycles. The van der Waals surface area contributed by atoms with Crippen LogP contribution in [0.25, 0.3) is 0 Å². The molecule has 2 heterocycles. The van der Waals surface area contributed by atoms with Gasteiger partial charge in [0.05, 0.1) is 6.61 Å². The number of nitrogens with zero attached hydrogens (tertiary/aromatic N) is 1. The highest BCUT2D eigenvalue weighted by Crippen LogP contribution is 2.37. The van der Waals surface area contributed by atoms with E-state index in [0.29, 0.717) is 29.3 Å². The highest BCUT2D eigenvalue weighted by molar-refractivity contribution is 6.08. The van der Waals surface area contributed by atoms with E-state index in [4.69, 9.17) is 4.74 Å². The third-order valence-corrected chi connectivity index (χ3v) is 5.05. The number of hydrogen-bond acceptors (Lipinski definition) is 3. The molecule has 2 aliphatic rings. The Morgan fingerprint density at radius 3 is 2.72 bits per heavy atom. The van der Waals surface area contributed by atoms with Crippen LogP contribution in [0.4, 0.5) is 5.69 Å². The van der Waals surface area contributed by atoms with Crippen LogP contribution < -0.4 is 4.90 Å². The molecule has 25 heavy (non-hydrogen) atoms. The molecule has 0 saturated carbocycles. The maximum absolute atomic E-state index is 13.0. The average molecular weight is 337 g/mol. The molecule has 1 fully saturated rings. The second-order valence-electron chi connectivity index (χ2n) is 6.55. The summed E-state index contributed by atoms with van der Waals surface area (Å²) in [6, 6.07) is 14.8. The Morgan fingerprint density at radius 2 is 1.96 bits per heavy atom. The molecule has 1 N–H and O–H groups in total. The number of aliphatic carboxylic acids is 1. The molecule has 2 aromatic rings. The van der Waals surface area contributed by atoms with Gasteiger partial charge in [0.15, 0.2) is 0 Å². The number of fused-ring (bicyclic) bond motifs is 1. The fourth-order valence-electron chi connectivity index (χ4n) is 3.69. The van der Waals surface area contributed by atoms with Crippen molar-refractivity contribution in [1.82, 2.24) is 0 Å². The first-order valence-electron chi connectivity index (χ1n) is 8.46. The van der Waals surface area contributed by atoms with Gasteiger partial charge in [-0.05, 0) is 35.7 Å². The number of para-hydroxylation sites is 1. The standard InChI is InChI=1S/C20H19NO4/c22-19(14-5-3-4-13(10-14)15-8-9-25-12-15)21-11-17(20(23)24)16-6-1-2-7-18(16)21/h1-7,10,15,17H,8-9,11-12H2,(H,23,24)/t15-,17-/m0/s1. The Hall–Kier alpha value is -2.66. The van der Waals surface area contributed by atoms with Gasteiger partial charge in [-0.2, -0.15) is 0 Å². The van der Waals surface area contributed by atoms with Gasteiger partial charge in [0, 0.05) is 30.3 Å². The van der Waals surface area contributed by atoms with Gasteiger partial charge in [0.25, 0.3) is 5.91 Å². The summed E-state index contributed by atoms with van der Waals surface area (Å²) in [7, 11) is 0. The van der Waals surface area contributed by atoms with Crippen molar-refractivity contribution in [2.75, 3.05) is 24.7 Å². The lowest BCUT2D eigenvalue weighted by atomic mass is 9.96. The highest BCUT2D eigenvalue weighted by atomic mass is 16.5. The number of carbonyl (C=O) groups is 2. The summed E-state index contributed by atoms with van der Waals surface area (Å²) < 4.78 is 5.44. The van der Waals surface area contributed by atoms with Crippen molar-refractivity contribution in [1.29, 1.82) is 0 Å². The molecule has 0 bridgehead atoms. The summed E-state index contributed by atoms with van der Waals surface area (Å²) in [5.41, 5.74) is 3.08. The van der Waals surface area contributed by atoms with Crippen molar-refractivity contribution in [2.45, 2.75) is 18.3 Å². The number of ether oxygens (including phenoxy) is 1. The van der Waals surface area contributed by atoms with Crippen molar-refractivity contribution in [3.05, 3.63) is 65.2 Å². The van der Waals surface area contributed by atoms with Gasteiger partial charge in [0.1, 0.15) is 5.92 Å². The molecule has 1 saturated heterocycles. The van der Waals surface area contributed by atoms with E-state index in [1.807, 2.05) is 36.4 Å². The topological polar surface area (TPSA) is 66.8 Å². The number of rotatable bonds is 3. The van der Waals surface area contributed by atoms with Crippen LogP contribution in [-0.2, 0) is 9.53 Å². The van der Waals surface area contributed by atoms with Gasteiger partial charge in [0.2, 0.25) is 0 Å². The zero-order chi connectivity index (χ0) is 17.4. The molecule has 5 nitrogen and oxygen atoms in total. The maximum atomic E-state index is 13.0. The SMILES string of the molecule is O=C(O)[C@H]1CN(C(=O)c2cccc([C@H]3CCOC3)c2)c2ccccc21. The smallest absolute Gasteiger partial charge is 0.312 e. The zero-order valence-electron chi connectivity index (χ0n) is 13.7. The molecule has 1 amide bonds. The third-order valence-electron chi connectivity index (χ3n) is 5.05. The van der Waals surface area contributed by atoms with Crippen LogP contribution in [0.15, 0.2) is 48.5 Å². The predicted octanol–water partition coefficient (Wildman–Crippen LogP) is 3.02. The first-order chi connectivity index (χ1) is 12.1. The first-order valence-corrected chi connectivity index (χ1v) is 8.46. The summed E-state index contributed by atoms with van der Waals surface area (Å²) in [4.78, 5) is 26.2. The highest BCUT2D eigenvalue weighted by Gasteiger charge is 2.36. The number of hydrogen-bond donors (Lipinski definition) is 1. The second-order valence-corrected chi connectivity index (χ2v) is 6.55. The Labute approximate surface area is 145 Å². The molecule has 0 spiro atoms. The fourth-order valence-corrected chi connectivity index (χ4v) is 3.69.